The number of aryl methyl sites for hydroxylation is 1. The predicted molar refractivity (Wildman–Crippen MR) is 120 cm³/mol. The first-order chi connectivity index (χ1) is 14.9. The predicted octanol–water partition coefficient (Wildman–Crippen LogP) is 4.61. The molecule has 3 aromatic rings. The Morgan fingerprint density at radius 1 is 1.10 bits per heavy atom. The molecular formula is C24H28N2O4S. The molecule has 0 spiro atoms. The average molecular weight is 441 g/mol. The van der Waals surface area contributed by atoms with Crippen LogP contribution in [0.15, 0.2) is 57.9 Å². The maximum atomic E-state index is 13.5. The van der Waals surface area contributed by atoms with Gasteiger partial charge in [-0.3, -0.25) is 0 Å². The maximum absolute atomic E-state index is 13.5. The van der Waals surface area contributed by atoms with Crippen molar-refractivity contribution in [3.63, 3.8) is 0 Å². The fourth-order valence-corrected chi connectivity index (χ4v) is 5.80. The molecule has 6 nitrogen and oxygen atoms in total. The SMILES string of the molecule is COc1ccc(-c2onc(C)c2C)cc1S(=O)(=O)N1CCC(Cc2ccccc2)CC1. The van der Waals surface area contributed by atoms with Crippen molar-refractivity contribution in [3.05, 3.63) is 65.4 Å². The van der Waals surface area contributed by atoms with E-state index in [0.29, 0.717) is 36.1 Å². The van der Waals surface area contributed by atoms with Crippen molar-refractivity contribution in [1.29, 1.82) is 0 Å². The van der Waals surface area contributed by atoms with Gasteiger partial charge in [-0.1, -0.05) is 35.5 Å². The van der Waals surface area contributed by atoms with Crippen LogP contribution in [0, 0.1) is 19.8 Å². The quantitative estimate of drug-likeness (QED) is 0.560. The number of methoxy groups -OCH3 is 1. The van der Waals surface area contributed by atoms with Crippen LogP contribution in [-0.4, -0.2) is 38.1 Å². The molecule has 1 aromatic heterocycles. The molecule has 2 heterocycles. The molecule has 0 atom stereocenters. The highest BCUT2D eigenvalue weighted by Crippen LogP contribution is 2.35. The molecule has 7 heteroatoms. The first kappa shape index (κ1) is 21.6. The van der Waals surface area contributed by atoms with Crippen LogP contribution in [0.25, 0.3) is 11.3 Å². The standard InChI is InChI=1S/C24H28N2O4S/c1-17-18(2)25-30-24(17)21-9-10-22(29-3)23(16-21)31(27,28)26-13-11-20(12-14-26)15-19-7-5-4-6-8-19/h4-10,16,20H,11-15H2,1-3H3. The van der Waals surface area contributed by atoms with Crippen molar-refractivity contribution < 1.29 is 17.7 Å². The lowest BCUT2D eigenvalue weighted by Crippen LogP contribution is -2.39. The van der Waals surface area contributed by atoms with E-state index >= 15 is 0 Å². The molecule has 4 rings (SSSR count). The van der Waals surface area contributed by atoms with E-state index in [4.69, 9.17) is 9.26 Å². The lowest BCUT2D eigenvalue weighted by atomic mass is 9.91. The van der Waals surface area contributed by atoms with Crippen molar-refractivity contribution >= 4 is 10.0 Å². The second kappa shape index (κ2) is 8.85. The molecule has 0 N–H and O–H groups in total. The molecule has 0 bridgehead atoms. The Labute approximate surface area is 183 Å². The number of hydrogen-bond acceptors (Lipinski definition) is 5. The van der Waals surface area contributed by atoms with Gasteiger partial charge in [0.05, 0.1) is 12.8 Å². The van der Waals surface area contributed by atoms with Crippen molar-refractivity contribution in [2.45, 2.75) is 38.0 Å². The van der Waals surface area contributed by atoms with Gasteiger partial charge in [0.15, 0.2) is 5.76 Å². The van der Waals surface area contributed by atoms with Gasteiger partial charge in [0.25, 0.3) is 0 Å². The summed E-state index contributed by atoms with van der Waals surface area (Å²) in [6.45, 7) is 4.79. The van der Waals surface area contributed by atoms with E-state index in [1.165, 1.54) is 12.7 Å². The van der Waals surface area contributed by atoms with Crippen molar-refractivity contribution in [1.82, 2.24) is 9.46 Å². The Hall–Kier alpha value is -2.64. The Balaban J connectivity index is 1.56. The molecule has 0 aliphatic carbocycles. The third-order valence-corrected chi connectivity index (χ3v) is 8.06. The Kier molecular flexibility index (Phi) is 6.16. The van der Waals surface area contributed by atoms with E-state index in [1.807, 2.05) is 32.0 Å². The minimum Gasteiger partial charge on any atom is -0.495 e. The van der Waals surface area contributed by atoms with Gasteiger partial charge in [-0.2, -0.15) is 4.31 Å². The van der Waals surface area contributed by atoms with Crippen LogP contribution in [0.2, 0.25) is 0 Å². The van der Waals surface area contributed by atoms with Crippen molar-refractivity contribution in [2.24, 2.45) is 5.92 Å². The third-order valence-electron chi connectivity index (χ3n) is 6.14. The van der Waals surface area contributed by atoms with Gasteiger partial charge in [-0.15, -0.1) is 0 Å². The number of nitrogens with zero attached hydrogens (tertiary/aromatic N) is 2. The van der Waals surface area contributed by atoms with Crippen LogP contribution in [0.5, 0.6) is 5.75 Å². The number of ether oxygens (including phenoxy) is 1. The van der Waals surface area contributed by atoms with Gasteiger partial charge in [0, 0.05) is 24.2 Å². The van der Waals surface area contributed by atoms with E-state index in [0.717, 1.165) is 30.5 Å². The normalized spacial score (nSPS) is 15.8. The molecule has 1 aliphatic heterocycles. The monoisotopic (exact) mass is 440 g/mol. The molecule has 2 aromatic carbocycles. The van der Waals surface area contributed by atoms with Gasteiger partial charge >= 0.3 is 0 Å². The highest BCUT2D eigenvalue weighted by molar-refractivity contribution is 7.89. The van der Waals surface area contributed by atoms with Crippen molar-refractivity contribution in [3.8, 4) is 17.1 Å². The first-order valence-electron chi connectivity index (χ1n) is 10.6. The Morgan fingerprint density at radius 2 is 1.81 bits per heavy atom. The first-order valence-corrected chi connectivity index (χ1v) is 12.0. The molecule has 1 saturated heterocycles. The maximum Gasteiger partial charge on any atom is 0.246 e. The molecule has 1 fully saturated rings. The summed E-state index contributed by atoms with van der Waals surface area (Å²) in [6.07, 6.45) is 2.67. The number of hydrogen-bond donors (Lipinski definition) is 0. The summed E-state index contributed by atoms with van der Waals surface area (Å²) in [4.78, 5) is 0.169. The molecule has 0 amide bonds. The van der Waals surface area contributed by atoms with E-state index in [-0.39, 0.29) is 4.90 Å². The second-order valence-corrected chi connectivity index (χ2v) is 10.0. The minimum atomic E-state index is -3.69. The van der Waals surface area contributed by atoms with Gasteiger partial charge < -0.3 is 9.26 Å². The second-order valence-electron chi connectivity index (χ2n) is 8.12. The van der Waals surface area contributed by atoms with Crippen LogP contribution in [0.1, 0.15) is 29.7 Å². The number of piperidine rings is 1. The minimum absolute atomic E-state index is 0.169. The molecule has 31 heavy (non-hydrogen) atoms. The summed E-state index contributed by atoms with van der Waals surface area (Å²) in [6, 6.07) is 15.5. The average Bonchev–Trinajstić information content (AvgIpc) is 3.12. The number of aromatic nitrogens is 1. The summed E-state index contributed by atoms with van der Waals surface area (Å²) in [5.74, 6) is 1.41. The molecule has 0 radical (unpaired) electrons. The molecule has 0 saturated carbocycles. The zero-order chi connectivity index (χ0) is 22.0. The fourth-order valence-electron chi connectivity index (χ4n) is 4.14. The van der Waals surface area contributed by atoms with E-state index < -0.39 is 10.0 Å². The zero-order valence-electron chi connectivity index (χ0n) is 18.2. The number of benzene rings is 2. The van der Waals surface area contributed by atoms with Crippen LogP contribution >= 0.6 is 0 Å². The summed E-state index contributed by atoms with van der Waals surface area (Å²) >= 11 is 0. The van der Waals surface area contributed by atoms with E-state index in [2.05, 4.69) is 17.3 Å². The topological polar surface area (TPSA) is 72.6 Å². The van der Waals surface area contributed by atoms with E-state index in [1.54, 1.807) is 22.5 Å². The highest BCUT2D eigenvalue weighted by atomic mass is 32.2. The summed E-state index contributed by atoms with van der Waals surface area (Å²) < 4.78 is 39.4. The largest absolute Gasteiger partial charge is 0.495 e. The van der Waals surface area contributed by atoms with Gasteiger partial charge in [0.2, 0.25) is 10.0 Å². The molecular weight excluding hydrogens is 412 g/mol. The van der Waals surface area contributed by atoms with Crippen LogP contribution in [0.4, 0.5) is 0 Å². The Morgan fingerprint density at radius 3 is 2.42 bits per heavy atom. The summed E-state index contributed by atoms with van der Waals surface area (Å²) in [5, 5.41) is 3.99. The van der Waals surface area contributed by atoms with Crippen LogP contribution < -0.4 is 4.74 Å². The molecule has 1 aliphatic rings. The zero-order valence-corrected chi connectivity index (χ0v) is 19.0. The van der Waals surface area contributed by atoms with E-state index in [9.17, 15) is 8.42 Å². The van der Waals surface area contributed by atoms with Crippen molar-refractivity contribution in [2.75, 3.05) is 20.2 Å². The number of sulfonamides is 1. The smallest absolute Gasteiger partial charge is 0.246 e. The highest BCUT2D eigenvalue weighted by Gasteiger charge is 2.32. The van der Waals surface area contributed by atoms with Crippen LogP contribution in [-0.2, 0) is 16.4 Å². The van der Waals surface area contributed by atoms with Gasteiger partial charge in [-0.25, -0.2) is 8.42 Å². The number of rotatable bonds is 6. The van der Waals surface area contributed by atoms with Gasteiger partial charge in [0.1, 0.15) is 10.6 Å². The lowest BCUT2D eigenvalue weighted by Gasteiger charge is -2.31. The fraction of sp³-hybridized carbons (Fsp3) is 0.375. The molecule has 0 unspecified atom stereocenters. The molecule has 164 valence electrons. The summed E-state index contributed by atoms with van der Waals surface area (Å²) in [7, 11) is -2.20. The summed E-state index contributed by atoms with van der Waals surface area (Å²) in [5.41, 5.74) is 3.67. The Bertz CT molecular complexity index is 1150. The van der Waals surface area contributed by atoms with Crippen LogP contribution in [0.3, 0.4) is 0 Å². The van der Waals surface area contributed by atoms with Gasteiger partial charge in [-0.05, 0) is 62.8 Å². The lowest BCUT2D eigenvalue weighted by molar-refractivity contribution is 0.272. The third kappa shape index (κ3) is 4.38.